The van der Waals surface area contributed by atoms with Crippen LogP contribution in [0.25, 0.3) is 0 Å². The van der Waals surface area contributed by atoms with Crippen LogP contribution >= 0.6 is 0 Å². The third-order valence-electron chi connectivity index (χ3n) is 5.23. The summed E-state index contributed by atoms with van der Waals surface area (Å²) in [5, 5.41) is 0. The Morgan fingerprint density at radius 1 is 1.04 bits per heavy atom. The molecule has 1 aromatic carbocycles. The van der Waals surface area contributed by atoms with Gasteiger partial charge in [-0.1, -0.05) is 53.7 Å². The summed E-state index contributed by atoms with van der Waals surface area (Å²) in [4.78, 5) is 23.8. The van der Waals surface area contributed by atoms with Crippen LogP contribution in [-0.4, -0.2) is 30.8 Å². The molecular formula is C23H34O5. The first-order chi connectivity index (χ1) is 12.9. The van der Waals surface area contributed by atoms with E-state index in [0.717, 1.165) is 12.8 Å². The second-order valence-corrected chi connectivity index (χ2v) is 9.78. The van der Waals surface area contributed by atoms with Crippen molar-refractivity contribution in [2.45, 2.75) is 73.5 Å². The van der Waals surface area contributed by atoms with Crippen LogP contribution < -0.4 is 4.74 Å². The minimum absolute atomic E-state index is 0.00253. The molecule has 156 valence electrons. The Morgan fingerprint density at radius 2 is 1.68 bits per heavy atom. The number of para-hydroxylation sites is 1. The number of hydrogen-bond acceptors (Lipinski definition) is 5. The lowest BCUT2D eigenvalue weighted by Gasteiger charge is -2.48. The van der Waals surface area contributed by atoms with Crippen LogP contribution in [0.4, 0.5) is 0 Å². The maximum absolute atomic E-state index is 12.5. The normalized spacial score (nSPS) is 23.2. The molecule has 1 heterocycles. The maximum Gasteiger partial charge on any atom is 0.342 e. The Kier molecular flexibility index (Phi) is 6.92. The highest BCUT2D eigenvalue weighted by molar-refractivity contribution is 5.93. The molecular weight excluding hydrogens is 356 g/mol. The van der Waals surface area contributed by atoms with E-state index >= 15 is 0 Å². The predicted molar refractivity (Wildman–Crippen MR) is 108 cm³/mol. The summed E-state index contributed by atoms with van der Waals surface area (Å²) >= 11 is 0. The monoisotopic (exact) mass is 390 g/mol. The zero-order valence-electron chi connectivity index (χ0n) is 18.2. The quantitative estimate of drug-likeness (QED) is 0.533. The first-order valence-electron chi connectivity index (χ1n) is 9.99. The average molecular weight is 391 g/mol. The van der Waals surface area contributed by atoms with Crippen molar-refractivity contribution in [3.63, 3.8) is 0 Å². The second kappa shape index (κ2) is 8.64. The van der Waals surface area contributed by atoms with E-state index in [1.807, 2.05) is 0 Å². The minimum atomic E-state index is -0.509. The van der Waals surface area contributed by atoms with Crippen molar-refractivity contribution in [3.8, 4) is 5.75 Å². The van der Waals surface area contributed by atoms with E-state index in [9.17, 15) is 9.59 Å². The fourth-order valence-corrected chi connectivity index (χ4v) is 3.83. The van der Waals surface area contributed by atoms with E-state index in [0.29, 0.717) is 5.92 Å². The Balaban J connectivity index is 2.04. The Hall–Kier alpha value is -1.88. The lowest BCUT2D eigenvalue weighted by Crippen LogP contribution is -2.49. The summed E-state index contributed by atoms with van der Waals surface area (Å²) in [6.07, 6.45) is 1.86. The summed E-state index contributed by atoms with van der Waals surface area (Å²) in [6.45, 7) is 14.8. The van der Waals surface area contributed by atoms with Gasteiger partial charge in [0.15, 0.2) is 0 Å². The lowest BCUT2D eigenvalue weighted by molar-refractivity contribution is -0.164. The summed E-state index contributed by atoms with van der Waals surface area (Å²) in [7, 11) is 0. The van der Waals surface area contributed by atoms with Gasteiger partial charge in [0, 0.05) is 6.92 Å². The van der Waals surface area contributed by atoms with E-state index in [-0.39, 0.29) is 41.0 Å². The van der Waals surface area contributed by atoms with Gasteiger partial charge in [0.1, 0.15) is 17.9 Å². The van der Waals surface area contributed by atoms with E-state index in [4.69, 9.17) is 14.2 Å². The summed E-state index contributed by atoms with van der Waals surface area (Å²) in [6, 6.07) is 6.60. The van der Waals surface area contributed by atoms with Gasteiger partial charge in [-0.05, 0) is 41.7 Å². The topological polar surface area (TPSA) is 61.8 Å². The van der Waals surface area contributed by atoms with Crippen LogP contribution in [0.3, 0.4) is 0 Å². The van der Waals surface area contributed by atoms with Gasteiger partial charge in [-0.25, -0.2) is 4.79 Å². The third-order valence-corrected chi connectivity index (χ3v) is 5.23. The molecule has 5 heteroatoms. The number of hydrogen-bond donors (Lipinski definition) is 0. The zero-order chi connectivity index (χ0) is 21.1. The fraction of sp³-hybridized carbons (Fsp3) is 0.652. The number of carbonyl (C=O) groups is 2. The molecule has 0 aromatic heterocycles. The van der Waals surface area contributed by atoms with Gasteiger partial charge in [-0.15, -0.1) is 0 Å². The zero-order valence-corrected chi connectivity index (χ0v) is 18.2. The molecule has 0 N–H and O–H groups in total. The molecule has 0 spiro atoms. The van der Waals surface area contributed by atoms with Crippen LogP contribution in [0.15, 0.2) is 24.3 Å². The number of esters is 2. The number of benzene rings is 1. The number of carbonyl (C=O) groups excluding carboxylic acids is 2. The van der Waals surface area contributed by atoms with E-state index in [1.165, 1.54) is 6.92 Å². The van der Waals surface area contributed by atoms with Crippen molar-refractivity contribution in [1.82, 2.24) is 0 Å². The highest BCUT2D eigenvalue weighted by Gasteiger charge is 2.43. The summed E-state index contributed by atoms with van der Waals surface area (Å²) < 4.78 is 17.0. The van der Waals surface area contributed by atoms with Gasteiger partial charge in [0.05, 0.1) is 12.2 Å². The lowest BCUT2D eigenvalue weighted by atomic mass is 9.66. The standard InChI is InChI=1S/C23H34O5/c1-15(24)27-19-11-9-8-10-17(19)21(25)26-14-16-12-13-18(22(2,3)4)20(28-16)23(5,6)7/h8-11,16,18,20H,12-14H2,1-7H3. The minimum Gasteiger partial charge on any atom is -0.459 e. The molecule has 3 unspecified atom stereocenters. The molecule has 0 aliphatic carbocycles. The van der Waals surface area contributed by atoms with Gasteiger partial charge in [0.2, 0.25) is 0 Å². The van der Waals surface area contributed by atoms with Crippen LogP contribution in [0.1, 0.15) is 71.7 Å². The SMILES string of the molecule is CC(=O)Oc1ccccc1C(=O)OCC1CCC(C(C)(C)C)C(C(C)(C)C)O1. The number of rotatable bonds is 4. The first kappa shape index (κ1) is 22.4. The molecule has 28 heavy (non-hydrogen) atoms. The van der Waals surface area contributed by atoms with Gasteiger partial charge in [-0.3, -0.25) is 4.79 Å². The molecule has 5 nitrogen and oxygen atoms in total. The molecule has 0 amide bonds. The predicted octanol–water partition coefficient (Wildman–Crippen LogP) is 5.02. The Morgan fingerprint density at radius 3 is 2.25 bits per heavy atom. The Bertz CT molecular complexity index is 696. The fourth-order valence-electron chi connectivity index (χ4n) is 3.83. The van der Waals surface area contributed by atoms with Crippen LogP contribution in [0, 0.1) is 16.7 Å². The second-order valence-electron chi connectivity index (χ2n) is 9.78. The van der Waals surface area contributed by atoms with Gasteiger partial charge in [-0.2, -0.15) is 0 Å². The van der Waals surface area contributed by atoms with Crippen LogP contribution in [0.2, 0.25) is 0 Å². The molecule has 0 saturated carbocycles. The summed E-state index contributed by atoms with van der Waals surface area (Å²) in [5.41, 5.74) is 0.402. The molecule has 1 saturated heterocycles. The van der Waals surface area contributed by atoms with E-state index in [2.05, 4.69) is 41.5 Å². The third kappa shape index (κ3) is 5.81. The molecule has 1 aliphatic heterocycles. The molecule has 1 aliphatic rings. The summed E-state index contributed by atoms with van der Waals surface area (Å²) in [5.74, 6) is -0.322. The molecule has 1 fully saturated rings. The van der Waals surface area contributed by atoms with Crippen molar-refractivity contribution < 1.29 is 23.8 Å². The van der Waals surface area contributed by atoms with Crippen molar-refractivity contribution in [1.29, 1.82) is 0 Å². The van der Waals surface area contributed by atoms with Crippen molar-refractivity contribution in [2.75, 3.05) is 6.61 Å². The molecule has 0 bridgehead atoms. The van der Waals surface area contributed by atoms with Gasteiger partial charge in [0.25, 0.3) is 0 Å². The van der Waals surface area contributed by atoms with E-state index in [1.54, 1.807) is 24.3 Å². The highest BCUT2D eigenvalue weighted by atomic mass is 16.6. The van der Waals surface area contributed by atoms with Gasteiger partial charge >= 0.3 is 11.9 Å². The Labute approximate surface area is 168 Å². The molecule has 2 rings (SSSR count). The van der Waals surface area contributed by atoms with Gasteiger partial charge < -0.3 is 14.2 Å². The van der Waals surface area contributed by atoms with Crippen molar-refractivity contribution in [2.24, 2.45) is 16.7 Å². The largest absolute Gasteiger partial charge is 0.459 e. The van der Waals surface area contributed by atoms with Crippen LogP contribution in [-0.2, 0) is 14.3 Å². The van der Waals surface area contributed by atoms with Crippen LogP contribution in [0.5, 0.6) is 5.75 Å². The first-order valence-corrected chi connectivity index (χ1v) is 9.99. The number of ether oxygens (including phenoxy) is 3. The smallest absolute Gasteiger partial charge is 0.342 e. The van der Waals surface area contributed by atoms with Crippen molar-refractivity contribution in [3.05, 3.63) is 29.8 Å². The molecule has 3 atom stereocenters. The maximum atomic E-state index is 12.5. The average Bonchev–Trinajstić information content (AvgIpc) is 2.58. The van der Waals surface area contributed by atoms with Crippen molar-refractivity contribution >= 4 is 11.9 Å². The highest BCUT2D eigenvalue weighted by Crippen LogP contribution is 2.44. The molecule has 1 aromatic rings. The van der Waals surface area contributed by atoms with E-state index < -0.39 is 11.9 Å². The molecule has 0 radical (unpaired) electrons.